The van der Waals surface area contributed by atoms with Crippen molar-refractivity contribution in [2.45, 2.75) is 32.9 Å². The minimum absolute atomic E-state index is 0.131. The molecule has 0 fully saturated rings. The fourth-order valence-corrected chi connectivity index (χ4v) is 2.91. The highest BCUT2D eigenvalue weighted by molar-refractivity contribution is 7.07. The van der Waals surface area contributed by atoms with Crippen molar-refractivity contribution < 1.29 is 4.74 Å². The van der Waals surface area contributed by atoms with Crippen LogP contribution in [0.15, 0.2) is 52.2 Å². The van der Waals surface area contributed by atoms with Crippen LogP contribution in [-0.2, 0) is 11.3 Å². The zero-order chi connectivity index (χ0) is 17.0. The van der Waals surface area contributed by atoms with Crippen LogP contribution < -0.4 is 10.6 Å². The van der Waals surface area contributed by atoms with Crippen LogP contribution in [0.5, 0.6) is 0 Å². The molecule has 1 aromatic carbocycles. The Bertz CT molecular complexity index is 584. The van der Waals surface area contributed by atoms with Gasteiger partial charge in [0.2, 0.25) is 0 Å². The van der Waals surface area contributed by atoms with Gasteiger partial charge in [-0.15, -0.1) is 0 Å². The van der Waals surface area contributed by atoms with Crippen LogP contribution in [0.25, 0.3) is 0 Å². The standard InChI is InChI=1S/C19H27N3OS/c1-3-20-19(22-14-17-10-13-24-15-17)21-11-7-12-23-16(2)18-8-5-4-6-9-18/h4-6,8-10,13,15-16H,3,7,11-12,14H2,1-2H3,(H2,20,21,22). The molecular formula is C19H27N3OS. The minimum Gasteiger partial charge on any atom is -0.374 e. The van der Waals surface area contributed by atoms with Gasteiger partial charge in [0.1, 0.15) is 0 Å². The smallest absolute Gasteiger partial charge is 0.191 e. The molecule has 0 aliphatic rings. The lowest BCUT2D eigenvalue weighted by molar-refractivity contribution is 0.0646. The highest BCUT2D eigenvalue weighted by atomic mass is 32.1. The number of nitrogens with zero attached hydrogens (tertiary/aromatic N) is 1. The third-order valence-electron chi connectivity index (χ3n) is 3.59. The van der Waals surface area contributed by atoms with E-state index < -0.39 is 0 Å². The van der Waals surface area contributed by atoms with Gasteiger partial charge in [-0.3, -0.25) is 0 Å². The summed E-state index contributed by atoms with van der Waals surface area (Å²) in [4.78, 5) is 4.60. The molecule has 0 aliphatic carbocycles. The molecule has 2 rings (SSSR count). The second kappa shape index (κ2) is 10.8. The third-order valence-corrected chi connectivity index (χ3v) is 4.33. The van der Waals surface area contributed by atoms with E-state index in [-0.39, 0.29) is 6.10 Å². The predicted octanol–water partition coefficient (Wildman–Crippen LogP) is 3.97. The zero-order valence-corrected chi connectivity index (χ0v) is 15.3. The summed E-state index contributed by atoms with van der Waals surface area (Å²) in [7, 11) is 0. The van der Waals surface area contributed by atoms with Gasteiger partial charge in [-0.05, 0) is 48.2 Å². The van der Waals surface area contributed by atoms with E-state index in [0.29, 0.717) is 6.54 Å². The van der Waals surface area contributed by atoms with Gasteiger partial charge in [0.05, 0.1) is 12.6 Å². The Morgan fingerprint density at radius 1 is 1.21 bits per heavy atom. The zero-order valence-electron chi connectivity index (χ0n) is 14.5. The van der Waals surface area contributed by atoms with Crippen molar-refractivity contribution in [1.29, 1.82) is 0 Å². The second-order valence-electron chi connectivity index (χ2n) is 5.53. The largest absolute Gasteiger partial charge is 0.374 e. The first-order chi connectivity index (χ1) is 11.8. The highest BCUT2D eigenvalue weighted by Crippen LogP contribution is 2.15. The number of hydrogen-bond acceptors (Lipinski definition) is 3. The van der Waals surface area contributed by atoms with Gasteiger partial charge in [-0.25, -0.2) is 4.99 Å². The Morgan fingerprint density at radius 3 is 2.75 bits per heavy atom. The van der Waals surface area contributed by atoms with E-state index in [0.717, 1.165) is 32.1 Å². The summed E-state index contributed by atoms with van der Waals surface area (Å²) < 4.78 is 5.89. The lowest BCUT2D eigenvalue weighted by atomic mass is 10.1. The summed E-state index contributed by atoms with van der Waals surface area (Å²) in [6.07, 6.45) is 1.08. The Labute approximate surface area is 149 Å². The van der Waals surface area contributed by atoms with E-state index in [4.69, 9.17) is 4.74 Å². The number of benzene rings is 1. The van der Waals surface area contributed by atoms with Crippen LogP contribution >= 0.6 is 11.3 Å². The van der Waals surface area contributed by atoms with E-state index in [9.17, 15) is 0 Å². The summed E-state index contributed by atoms with van der Waals surface area (Å²) in [5.41, 5.74) is 2.47. The van der Waals surface area contributed by atoms with Crippen molar-refractivity contribution in [2.75, 3.05) is 19.7 Å². The first-order valence-corrected chi connectivity index (χ1v) is 9.43. The van der Waals surface area contributed by atoms with Gasteiger partial charge in [0.15, 0.2) is 5.96 Å². The summed E-state index contributed by atoms with van der Waals surface area (Å²) in [6.45, 7) is 7.31. The monoisotopic (exact) mass is 345 g/mol. The van der Waals surface area contributed by atoms with Crippen molar-refractivity contribution in [3.63, 3.8) is 0 Å². The summed E-state index contributed by atoms with van der Waals surface area (Å²) in [6, 6.07) is 12.4. The molecule has 2 aromatic rings. The van der Waals surface area contributed by atoms with Crippen LogP contribution in [0.2, 0.25) is 0 Å². The van der Waals surface area contributed by atoms with E-state index in [2.05, 4.69) is 58.4 Å². The summed E-state index contributed by atoms with van der Waals surface area (Å²) in [5.74, 6) is 0.861. The van der Waals surface area contributed by atoms with Gasteiger partial charge in [-0.1, -0.05) is 30.3 Å². The van der Waals surface area contributed by atoms with Crippen molar-refractivity contribution in [1.82, 2.24) is 10.6 Å². The number of nitrogens with one attached hydrogen (secondary N) is 2. The van der Waals surface area contributed by atoms with Gasteiger partial charge in [0.25, 0.3) is 0 Å². The van der Waals surface area contributed by atoms with Crippen LogP contribution in [0.1, 0.15) is 37.5 Å². The van der Waals surface area contributed by atoms with E-state index in [1.165, 1.54) is 11.1 Å². The topological polar surface area (TPSA) is 45.7 Å². The molecule has 1 unspecified atom stereocenters. The highest BCUT2D eigenvalue weighted by Gasteiger charge is 2.04. The molecule has 2 N–H and O–H groups in total. The van der Waals surface area contributed by atoms with Crippen molar-refractivity contribution >= 4 is 17.3 Å². The minimum atomic E-state index is 0.131. The Balaban J connectivity index is 1.66. The molecular weight excluding hydrogens is 318 g/mol. The second-order valence-corrected chi connectivity index (χ2v) is 6.31. The molecule has 4 nitrogen and oxygen atoms in total. The third kappa shape index (κ3) is 6.72. The Morgan fingerprint density at radius 2 is 2.04 bits per heavy atom. The van der Waals surface area contributed by atoms with Gasteiger partial charge >= 0.3 is 0 Å². The van der Waals surface area contributed by atoms with E-state index >= 15 is 0 Å². The predicted molar refractivity (Wildman–Crippen MR) is 103 cm³/mol. The quantitative estimate of drug-likeness (QED) is 0.411. The number of thiophene rings is 1. The molecule has 0 amide bonds. The molecule has 1 heterocycles. The van der Waals surface area contributed by atoms with E-state index in [1.807, 2.05) is 18.2 Å². The summed E-state index contributed by atoms with van der Waals surface area (Å²) >= 11 is 1.70. The number of aliphatic imine (C=N–C) groups is 1. The number of rotatable bonds is 9. The number of hydrogen-bond donors (Lipinski definition) is 2. The molecule has 24 heavy (non-hydrogen) atoms. The average Bonchev–Trinajstić information content (AvgIpc) is 3.13. The molecule has 0 saturated heterocycles. The van der Waals surface area contributed by atoms with Crippen molar-refractivity contribution in [3.05, 3.63) is 58.3 Å². The lowest BCUT2D eigenvalue weighted by Gasteiger charge is -2.14. The molecule has 0 aliphatic heterocycles. The van der Waals surface area contributed by atoms with Gasteiger partial charge < -0.3 is 15.4 Å². The fourth-order valence-electron chi connectivity index (χ4n) is 2.25. The maximum atomic E-state index is 5.89. The van der Waals surface area contributed by atoms with Gasteiger partial charge in [-0.2, -0.15) is 11.3 Å². The van der Waals surface area contributed by atoms with Crippen LogP contribution in [-0.4, -0.2) is 25.7 Å². The summed E-state index contributed by atoms with van der Waals surface area (Å²) in [5, 5.41) is 10.8. The fraction of sp³-hybridized carbons (Fsp3) is 0.421. The molecule has 0 bridgehead atoms. The molecule has 5 heteroatoms. The first kappa shape index (κ1) is 18.5. The maximum absolute atomic E-state index is 5.89. The van der Waals surface area contributed by atoms with E-state index in [1.54, 1.807) is 11.3 Å². The molecule has 0 spiro atoms. The number of guanidine groups is 1. The number of ether oxygens (including phenoxy) is 1. The average molecular weight is 346 g/mol. The molecule has 1 aromatic heterocycles. The maximum Gasteiger partial charge on any atom is 0.191 e. The van der Waals surface area contributed by atoms with Crippen LogP contribution in [0, 0.1) is 0 Å². The lowest BCUT2D eigenvalue weighted by Crippen LogP contribution is -2.38. The van der Waals surface area contributed by atoms with Crippen molar-refractivity contribution in [2.24, 2.45) is 4.99 Å². The molecule has 130 valence electrons. The SMILES string of the molecule is CCNC(=NCc1ccsc1)NCCCOC(C)c1ccccc1. The Kier molecular flexibility index (Phi) is 8.35. The Hall–Kier alpha value is -1.85. The van der Waals surface area contributed by atoms with Crippen LogP contribution in [0.4, 0.5) is 0 Å². The normalized spacial score (nSPS) is 12.8. The van der Waals surface area contributed by atoms with Crippen LogP contribution in [0.3, 0.4) is 0 Å². The molecule has 1 atom stereocenters. The first-order valence-electron chi connectivity index (χ1n) is 8.49. The van der Waals surface area contributed by atoms with Gasteiger partial charge in [0, 0.05) is 19.7 Å². The van der Waals surface area contributed by atoms with Crippen molar-refractivity contribution in [3.8, 4) is 0 Å². The molecule has 0 radical (unpaired) electrons. The molecule has 0 saturated carbocycles.